The van der Waals surface area contributed by atoms with E-state index in [1.54, 1.807) is 12.1 Å². The summed E-state index contributed by atoms with van der Waals surface area (Å²) in [5.74, 6) is -1.27. The van der Waals surface area contributed by atoms with Crippen molar-refractivity contribution in [3.05, 3.63) is 118 Å². The normalized spacial score (nSPS) is 11.8. The quantitative estimate of drug-likeness (QED) is 0.151. The Hall–Kier alpha value is -4.32. The Balaban J connectivity index is 1.83. The summed E-state index contributed by atoms with van der Waals surface area (Å²) in [6.07, 6.45) is 0.787. The molecule has 1 atom stereocenters. The fraction of sp³-hybridized carbons (Fsp3) is 0.257. The molecule has 4 rings (SSSR count). The van der Waals surface area contributed by atoms with Gasteiger partial charge in [-0.25, -0.2) is 12.8 Å². The van der Waals surface area contributed by atoms with Crippen LogP contribution in [0, 0.1) is 5.82 Å². The summed E-state index contributed by atoms with van der Waals surface area (Å²) in [5, 5.41) is 3.53. The number of anilines is 1. The first-order valence-corrected chi connectivity index (χ1v) is 17.2. The number of rotatable bonds is 15. The van der Waals surface area contributed by atoms with Crippen molar-refractivity contribution in [3.8, 4) is 11.5 Å². The van der Waals surface area contributed by atoms with Gasteiger partial charge in [0, 0.05) is 35.6 Å². The van der Waals surface area contributed by atoms with E-state index in [1.165, 1.54) is 55.5 Å². The van der Waals surface area contributed by atoms with Gasteiger partial charge >= 0.3 is 0 Å². The van der Waals surface area contributed by atoms with Gasteiger partial charge in [-0.1, -0.05) is 66.5 Å². The van der Waals surface area contributed by atoms with Crippen LogP contribution in [0.2, 0.25) is 10.0 Å². The van der Waals surface area contributed by atoms with Crippen molar-refractivity contribution in [1.82, 2.24) is 10.2 Å². The molecular formula is C35H36Cl2FN3O6S. The van der Waals surface area contributed by atoms with Crippen molar-refractivity contribution in [3.63, 3.8) is 0 Å². The predicted octanol–water partition coefficient (Wildman–Crippen LogP) is 6.51. The molecule has 0 aliphatic rings. The van der Waals surface area contributed by atoms with Crippen molar-refractivity contribution in [1.29, 1.82) is 0 Å². The molecule has 0 aromatic heterocycles. The molecule has 254 valence electrons. The molecule has 48 heavy (non-hydrogen) atoms. The highest BCUT2D eigenvalue weighted by Gasteiger charge is 2.35. The van der Waals surface area contributed by atoms with Gasteiger partial charge in [-0.2, -0.15) is 0 Å². The zero-order chi connectivity index (χ0) is 34.8. The van der Waals surface area contributed by atoms with Crippen molar-refractivity contribution in [2.45, 2.75) is 37.2 Å². The van der Waals surface area contributed by atoms with Crippen LogP contribution in [0.25, 0.3) is 0 Å². The number of hydrogen-bond donors (Lipinski definition) is 1. The molecule has 0 spiro atoms. The first-order valence-electron chi connectivity index (χ1n) is 15.0. The zero-order valence-electron chi connectivity index (χ0n) is 26.7. The molecule has 1 N–H and O–H groups in total. The van der Waals surface area contributed by atoms with Gasteiger partial charge in [0.1, 0.15) is 18.4 Å². The van der Waals surface area contributed by atoms with Gasteiger partial charge in [0.05, 0.1) is 24.8 Å². The molecule has 13 heteroatoms. The van der Waals surface area contributed by atoms with E-state index < -0.39 is 40.2 Å². The Morgan fingerprint density at radius 3 is 2.21 bits per heavy atom. The number of benzene rings is 4. The topological polar surface area (TPSA) is 105 Å². The standard InChI is InChI=1S/C35H36Cl2FN3O6S/c1-4-18-39-35(43)31(19-24-8-6-5-7-9-24)40(22-25-10-11-26(36)20-30(25)37)34(42)23-41(28-14-12-27(38)13-15-28)48(44,45)29-16-17-32(46-2)33(21-29)47-3/h5-17,20-21,31H,4,18-19,22-23H2,1-3H3,(H,39,43)/t31-/m0/s1. The molecule has 4 aromatic rings. The van der Waals surface area contributed by atoms with Gasteiger partial charge in [-0.3, -0.25) is 13.9 Å². The maximum Gasteiger partial charge on any atom is 0.264 e. The van der Waals surface area contributed by atoms with E-state index in [2.05, 4.69) is 5.32 Å². The van der Waals surface area contributed by atoms with Crippen LogP contribution < -0.4 is 19.1 Å². The number of carbonyl (C=O) groups is 2. The van der Waals surface area contributed by atoms with Gasteiger partial charge in [-0.15, -0.1) is 0 Å². The van der Waals surface area contributed by atoms with E-state index in [0.717, 1.165) is 22.0 Å². The molecule has 4 aromatic carbocycles. The monoisotopic (exact) mass is 715 g/mol. The van der Waals surface area contributed by atoms with Crippen molar-refractivity contribution in [2.24, 2.45) is 0 Å². The maximum atomic E-state index is 14.5. The third kappa shape index (κ3) is 8.97. The first kappa shape index (κ1) is 36.5. The van der Waals surface area contributed by atoms with Crippen LogP contribution in [0.5, 0.6) is 11.5 Å². The van der Waals surface area contributed by atoms with E-state index in [0.29, 0.717) is 29.3 Å². The fourth-order valence-corrected chi connectivity index (χ4v) is 6.89. The minimum atomic E-state index is -4.48. The van der Waals surface area contributed by atoms with E-state index in [-0.39, 0.29) is 34.3 Å². The Labute approximate surface area is 290 Å². The molecule has 0 saturated carbocycles. The second-order valence-corrected chi connectivity index (χ2v) is 13.5. The first-order chi connectivity index (χ1) is 23.0. The molecule has 0 saturated heterocycles. The Morgan fingerprint density at radius 1 is 0.896 bits per heavy atom. The number of amides is 2. The Morgan fingerprint density at radius 2 is 1.58 bits per heavy atom. The molecule has 9 nitrogen and oxygen atoms in total. The van der Waals surface area contributed by atoms with Crippen LogP contribution in [-0.2, 0) is 32.6 Å². The summed E-state index contributed by atoms with van der Waals surface area (Å²) >= 11 is 12.7. The number of carbonyl (C=O) groups excluding carboxylic acids is 2. The Bertz CT molecular complexity index is 1830. The molecule has 0 bridgehead atoms. The highest BCUT2D eigenvalue weighted by atomic mass is 35.5. The third-order valence-electron chi connectivity index (χ3n) is 7.51. The van der Waals surface area contributed by atoms with E-state index in [4.69, 9.17) is 32.7 Å². The molecule has 0 heterocycles. The molecule has 0 aliphatic heterocycles. The molecule has 0 unspecified atom stereocenters. The highest BCUT2D eigenvalue weighted by molar-refractivity contribution is 7.92. The van der Waals surface area contributed by atoms with E-state index in [9.17, 15) is 22.4 Å². The molecule has 2 amide bonds. The summed E-state index contributed by atoms with van der Waals surface area (Å²) in [5.41, 5.74) is 1.30. The summed E-state index contributed by atoms with van der Waals surface area (Å²) in [6, 6.07) is 21.6. The van der Waals surface area contributed by atoms with Gasteiger partial charge in [-0.05, 0) is 66.1 Å². The largest absolute Gasteiger partial charge is 0.493 e. The average Bonchev–Trinajstić information content (AvgIpc) is 3.08. The average molecular weight is 717 g/mol. The molecule has 0 radical (unpaired) electrons. The summed E-state index contributed by atoms with van der Waals surface area (Å²) in [7, 11) is -1.69. The van der Waals surface area contributed by atoms with Gasteiger partial charge in [0.15, 0.2) is 11.5 Å². The smallest absolute Gasteiger partial charge is 0.264 e. The highest BCUT2D eigenvalue weighted by Crippen LogP contribution is 2.33. The van der Waals surface area contributed by atoms with Crippen LogP contribution in [0.4, 0.5) is 10.1 Å². The van der Waals surface area contributed by atoms with Gasteiger partial charge in [0.2, 0.25) is 11.8 Å². The Kier molecular flexibility index (Phi) is 12.7. The lowest BCUT2D eigenvalue weighted by atomic mass is 10.0. The van der Waals surface area contributed by atoms with Gasteiger partial charge < -0.3 is 19.7 Å². The molecular weight excluding hydrogens is 680 g/mol. The van der Waals surface area contributed by atoms with Crippen LogP contribution in [0.15, 0.2) is 95.9 Å². The molecule has 0 fully saturated rings. The lowest BCUT2D eigenvalue weighted by Crippen LogP contribution is -2.53. The number of nitrogens with one attached hydrogen (secondary N) is 1. The lowest BCUT2D eigenvalue weighted by molar-refractivity contribution is -0.140. The number of ether oxygens (including phenoxy) is 2. The lowest BCUT2D eigenvalue weighted by Gasteiger charge is -2.34. The van der Waals surface area contributed by atoms with E-state index >= 15 is 0 Å². The second kappa shape index (κ2) is 16.7. The summed E-state index contributed by atoms with van der Waals surface area (Å²) in [4.78, 5) is 29.4. The third-order valence-corrected chi connectivity index (χ3v) is 9.87. The van der Waals surface area contributed by atoms with Crippen LogP contribution in [-0.4, -0.2) is 58.5 Å². The van der Waals surface area contributed by atoms with Crippen LogP contribution >= 0.6 is 23.2 Å². The number of halogens is 3. The number of sulfonamides is 1. The van der Waals surface area contributed by atoms with Crippen molar-refractivity contribution < 1.29 is 31.9 Å². The second-order valence-electron chi connectivity index (χ2n) is 10.8. The number of methoxy groups -OCH3 is 2. The maximum absolute atomic E-state index is 14.5. The van der Waals surface area contributed by atoms with Crippen molar-refractivity contribution in [2.75, 3.05) is 31.6 Å². The number of hydrogen-bond acceptors (Lipinski definition) is 6. The zero-order valence-corrected chi connectivity index (χ0v) is 29.0. The summed E-state index contributed by atoms with van der Waals surface area (Å²) < 4.78 is 54.0. The van der Waals surface area contributed by atoms with Crippen molar-refractivity contribution >= 4 is 50.7 Å². The minimum absolute atomic E-state index is 0.0269. The predicted molar refractivity (Wildman–Crippen MR) is 185 cm³/mol. The molecule has 0 aliphatic carbocycles. The fourth-order valence-electron chi connectivity index (χ4n) is 4.99. The van der Waals surface area contributed by atoms with Crippen LogP contribution in [0.3, 0.4) is 0 Å². The van der Waals surface area contributed by atoms with E-state index in [1.807, 2.05) is 37.3 Å². The van der Waals surface area contributed by atoms with Gasteiger partial charge in [0.25, 0.3) is 10.0 Å². The number of nitrogens with zero attached hydrogens (tertiary/aromatic N) is 2. The minimum Gasteiger partial charge on any atom is -0.493 e. The summed E-state index contributed by atoms with van der Waals surface area (Å²) in [6.45, 7) is 1.39. The SMILES string of the molecule is CCCNC(=O)[C@H](Cc1ccccc1)N(Cc1ccc(Cl)cc1Cl)C(=O)CN(c1ccc(F)cc1)S(=O)(=O)c1ccc(OC)c(OC)c1. The van der Waals surface area contributed by atoms with Crippen LogP contribution in [0.1, 0.15) is 24.5 Å².